The SMILES string of the molecule is Cc1ccc(N)c(NC(=O)c2c(F)cc(Br)cc2F)c1. The molecule has 0 fully saturated rings. The number of amides is 1. The lowest BCUT2D eigenvalue weighted by Crippen LogP contribution is -2.17. The summed E-state index contributed by atoms with van der Waals surface area (Å²) in [5.74, 6) is -2.77. The van der Waals surface area contributed by atoms with E-state index in [-0.39, 0.29) is 4.47 Å². The van der Waals surface area contributed by atoms with Gasteiger partial charge < -0.3 is 11.1 Å². The maximum atomic E-state index is 13.7. The Morgan fingerprint density at radius 3 is 2.40 bits per heavy atom. The van der Waals surface area contributed by atoms with E-state index in [2.05, 4.69) is 21.2 Å². The van der Waals surface area contributed by atoms with Crippen LogP contribution in [0.25, 0.3) is 0 Å². The van der Waals surface area contributed by atoms with Crippen molar-refractivity contribution >= 4 is 33.2 Å². The predicted octanol–water partition coefficient (Wildman–Crippen LogP) is 3.87. The fraction of sp³-hybridized carbons (Fsp3) is 0.0714. The molecule has 2 rings (SSSR count). The lowest BCUT2D eigenvalue weighted by molar-refractivity contribution is 0.101. The zero-order valence-corrected chi connectivity index (χ0v) is 12.1. The van der Waals surface area contributed by atoms with Crippen molar-refractivity contribution < 1.29 is 13.6 Å². The van der Waals surface area contributed by atoms with Crippen LogP contribution >= 0.6 is 15.9 Å². The first-order chi connectivity index (χ1) is 9.38. The maximum Gasteiger partial charge on any atom is 0.261 e. The highest BCUT2D eigenvalue weighted by molar-refractivity contribution is 9.10. The van der Waals surface area contributed by atoms with Gasteiger partial charge in [-0.3, -0.25) is 4.79 Å². The molecule has 104 valence electrons. The number of nitrogens with two attached hydrogens (primary N) is 1. The molecule has 2 aromatic rings. The smallest absolute Gasteiger partial charge is 0.261 e. The van der Waals surface area contributed by atoms with E-state index >= 15 is 0 Å². The van der Waals surface area contributed by atoms with Crippen LogP contribution in [0.5, 0.6) is 0 Å². The number of aryl methyl sites for hydroxylation is 1. The third-order valence-corrected chi connectivity index (χ3v) is 3.15. The molecule has 0 saturated heterocycles. The zero-order valence-electron chi connectivity index (χ0n) is 10.5. The Morgan fingerprint density at radius 1 is 1.20 bits per heavy atom. The first-order valence-electron chi connectivity index (χ1n) is 5.70. The minimum Gasteiger partial charge on any atom is -0.397 e. The second-order valence-electron chi connectivity index (χ2n) is 4.29. The van der Waals surface area contributed by atoms with E-state index in [1.807, 2.05) is 6.92 Å². The molecule has 0 aliphatic carbocycles. The number of halogens is 3. The Morgan fingerprint density at radius 2 is 1.80 bits per heavy atom. The van der Waals surface area contributed by atoms with Gasteiger partial charge in [-0.25, -0.2) is 8.78 Å². The third kappa shape index (κ3) is 2.96. The molecule has 0 unspecified atom stereocenters. The number of carbonyl (C=O) groups is 1. The van der Waals surface area contributed by atoms with Crippen LogP contribution in [0, 0.1) is 18.6 Å². The van der Waals surface area contributed by atoms with Crippen molar-refractivity contribution in [3.8, 4) is 0 Å². The van der Waals surface area contributed by atoms with Gasteiger partial charge in [0, 0.05) is 4.47 Å². The van der Waals surface area contributed by atoms with Crippen molar-refractivity contribution in [2.45, 2.75) is 6.92 Å². The lowest BCUT2D eigenvalue weighted by Gasteiger charge is -2.10. The molecule has 20 heavy (non-hydrogen) atoms. The van der Waals surface area contributed by atoms with Gasteiger partial charge in [-0.2, -0.15) is 0 Å². The number of hydrogen-bond acceptors (Lipinski definition) is 2. The van der Waals surface area contributed by atoms with Gasteiger partial charge in [0.05, 0.1) is 11.4 Å². The second-order valence-corrected chi connectivity index (χ2v) is 5.20. The van der Waals surface area contributed by atoms with Crippen LogP contribution in [-0.2, 0) is 0 Å². The van der Waals surface area contributed by atoms with Gasteiger partial charge in [0.15, 0.2) is 0 Å². The van der Waals surface area contributed by atoms with Crippen molar-refractivity contribution in [2.75, 3.05) is 11.1 Å². The minimum absolute atomic E-state index is 0.221. The molecule has 6 heteroatoms. The molecule has 0 radical (unpaired) electrons. The van der Waals surface area contributed by atoms with Crippen LogP contribution < -0.4 is 11.1 Å². The summed E-state index contributed by atoms with van der Waals surface area (Å²) in [4.78, 5) is 12.0. The minimum atomic E-state index is -0.944. The van der Waals surface area contributed by atoms with E-state index in [4.69, 9.17) is 5.73 Å². The number of benzene rings is 2. The third-order valence-electron chi connectivity index (χ3n) is 2.69. The molecule has 0 atom stereocenters. The van der Waals surface area contributed by atoms with Gasteiger partial charge in [-0.05, 0) is 36.8 Å². The first-order valence-corrected chi connectivity index (χ1v) is 6.50. The average Bonchev–Trinajstić information content (AvgIpc) is 2.32. The summed E-state index contributed by atoms with van der Waals surface area (Å²) in [7, 11) is 0. The number of carbonyl (C=O) groups excluding carboxylic acids is 1. The van der Waals surface area contributed by atoms with Crippen LogP contribution in [0.2, 0.25) is 0 Å². The van der Waals surface area contributed by atoms with Crippen LogP contribution in [0.3, 0.4) is 0 Å². The summed E-state index contributed by atoms with van der Waals surface area (Å²) in [6.45, 7) is 1.82. The van der Waals surface area contributed by atoms with E-state index in [0.717, 1.165) is 17.7 Å². The van der Waals surface area contributed by atoms with E-state index in [0.29, 0.717) is 11.4 Å². The highest BCUT2D eigenvalue weighted by Crippen LogP contribution is 2.23. The van der Waals surface area contributed by atoms with Gasteiger partial charge >= 0.3 is 0 Å². The number of hydrogen-bond donors (Lipinski definition) is 2. The number of nitrogens with one attached hydrogen (secondary N) is 1. The van der Waals surface area contributed by atoms with E-state index in [1.165, 1.54) is 0 Å². The van der Waals surface area contributed by atoms with Crippen LogP contribution in [0.15, 0.2) is 34.8 Å². The molecule has 1 amide bonds. The highest BCUT2D eigenvalue weighted by Gasteiger charge is 2.19. The summed E-state index contributed by atoms with van der Waals surface area (Å²) in [5, 5.41) is 2.41. The average molecular weight is 341 g/mol. The standard InChI is InChI=1S/C14H11BrF2N2O/c1-7-2-3-11(18)12(4-7)19-14(20)13-9(16)5-8(15)6-10(13)17/h2-6H,18H2,1H3,(H,19,20). The van der Waals surface area contributed by atoms with Crippen LogP contribution in [0.1, 0.15) is 15.9 Å². The van der Waals surface area contributed by atoms with Crippen LogP contribution in [0.4, 0.5) is 20.2 Å². The zero-order chi connectivity index (χ0) is 14.9. The largest absolute Gasteiger partial charge is 0.397 e. The molecule has 2 aromatic carbocycles. The molecule has 0 aliphatic rings. The molecule has 0 bridgehead atoms. The fourth-order valence-electron chi connectivity index (χ4n) is 1.72. The predicted molar refractivity (Wildman–Crippen MR) is 77.6 cm³/mol. The molecule has 0 aromatic heterocycles. The first kappa shape index (κ1) is 14.5. The number of anilines is 2. The molecular formula is C14H11BrF2N2O. The quantitative estimate of drug-likeness (QED) is 0.815. The number of rotatable bonds is 2. The van der Waals surface area contributed by atoms with Crippen molar-refractivity contribution in [3.63, 3.8) is 0 Å². The molecule has 3 nitrogen and oxygen atoms in total. The van der Waals surface area contributed by atoms with Gasteiger partial charge in [0.2, 0.25) is 0 Å². The highest BCUT2D eigenvalue weighted by atomic mass is 79.9. The molecule has 0 aliphatic heterocycles. The summed E-state index contributed by atoms with van der Waals surface area (Å²) in [6.07, 6.45) is 0. The molecule has 0 heterocycles. The molecular weight excluding hydrogens is 330 g/mol. The Labute approximate surface area is 122 Å². The normalized spacial score (nSPS) is 10.4. The van der Waals surface area contributed by atoms with E-state index in [1.54, 1.807) is 18.2 Å². The molecule has 3 N–H and O–H groups in total. The van der Waals surface area contributed by atoms with Crippen molar-refractivity contribution in [3.05, 3.63) is 57.6 Å². The molecule has 0 saturated carbocycles. The number of nitrogen functional groups attached to an aromatic ring is 1. The van der Waals surface area contributed by atoms with Crippen molar-refractivity contribution in [1.82, 2.24) is 0 Å². The summed E-state index contributed by atoms with van der Waals surface area (Å²) in [6, 6.07) is 7.06. The fourth-order valence-corrected chi connectivity index (χ4v) is 2.12. The Kier molecular flexibility index (Phi) is 4.04. The summed E-state index contributed by atoms with van der Waals surface area (Å²) >= 11 is 2.95. The Hall–Kier alpha value is -1.95. The van der Waals surface area contributed by atoms with Gasteiger partial charge in [0.1, 0.15) is 17.2 Å². The summed E-state index contributed by atoms with van der Waals surface area (Å²) in [5.41, 5.74) is 6.57. The topological polar surface area (TPSA) is 55.1 Å². The lowest BCUT2D eigenvalue weighted by atomic mass is 10.1. The van der Waals surface area contributed by atoms with Gasteiger partial charge in [0.25, 0.3) is 5.91 Å². The summed E-state index contributed by atoms with van der Waals surface area (Å²) < 4.78 is 27.6. The van der Waals surface area contributed by atoms with Crippen molar-refractivity contribution in [1.29, 1.82) is 0 Å². The van der Waals surface area contributed by atoms with Gasteiger partial charge in [-0.1, -0.05) is 22.0 Å². The molecule has 0 spiro atoms. The Balaban J connectivity index is 2.36. The second kappa shape index (κ2) is 5.58. The van der Waals surface area contributed by atoms with Gasteiger partial charge in [-0.15, -0.1) is 0 Å². The Bertz CT molecular complexity index is 666. The van der Waals surface area contributed by atoms with E-state index in [9.17, 15) is 13.6 Å². The van der Waals surface area contributed by atoms with Crippen molar-refractivity contribution in [2.24, 2.45) is 0 Å². The van der Waals surface area contributed by atoms with Crippen LogP contribution in [-0.4, -0.2) is 5.91 Å². The van der Waals surface area contributed by atoms with E-state index < -0.39 is 23.1 Å². The monoisotopic (exact) mass is 340 g/mol. The maximum absolute atomic E-state index is 13.7.